The summed E-state index contributed by atoms with van der Waals surface area (Å²) in [6.07, 6.45) is 10.8. The van der Waals surface area contributed by atoms with E-state index in [1.165, 1.54) is 56.3 Å². The maximum atomic E-state index is 4.62. The van der Waals surface area contributed by atoms with Crippen LogP contribution in [0.5, 0.6) is 0 Å². The minimum Gasteiger partial charge on any atom is -0.308 e. The van der Waals surface area contributed by atoms with Gasteiger partial charge in [0.1, 0.15) is 0 Å². The van der Waals surface area contributed by atoms with E-state index in [4.69, 9.17) is 0 Å². The zero-order chi connectivity index (χ0) is 13.5. The third-order valence-electron chi connectivity index (χ3n) is 4.25. The molecule has 0 aromatic carbocycles. The minimum absolute atomic E-state index is 0.714. The van der Waals surface area contributed by atoms with E-state index in [0.29, 0.717) is 6.04 Å². The van der Waals surface area contributed by atoms with Gasteiger partial charge in [0.15, 0.2) is 0 Å². The Labute approximate surface area is 117 Å². The quantitative estimate of drug-likeness (QED) is 0.878. The highest BCUT2D eigenvalue weighted by Gasteiger charge is 2.12. The molecule has 0 atom stereocenters. The van der Waals surface area contributed by atoms with Gasteiger partial charge in [0.05, 0.1) is 11.4 Å². The smallest absolute Gasteiger partial charge is 0.0625 e. The van der Waals surface area contributed by atoms with Crippen molar-refractivity contribution in [3.8, 4) is 0 Å². The molecule has 108 valence electrons. The Morgan fingerprint density at radius 2 is 1.84 bits per heavy atom. The van der Waals surface area contributed by atoms with Gasteiger partial charge in [-0.05, 0) is 32.3 Å². The van der Waals surface area contributed by atoms with Crippen LogP contribution in [-0.2, 0) is 19.5 Å². The molecule has 19 heavy (non-hydrogen) atoms. The van der Waals surface area contributed by atoms with E-state index in [1.807, 2.05) is 0 Å². The average Bonchev–Trinajstić information content (AvgIpc) is 2.80. The van der Waals surface area contributed by atoms with Gasteiger partial charge >= 0.3 is 0 Å². The molecule has 0 unspecified atom stereocenters. The predicted molar refractivity (Wildman–Crippen MR) is 80.2 cm³/mol. The third-order valence-corrected chi connectivity index (χ3v) is 4.25. The Morgan fingerprint density at radius 3 is 2.47 bits per heavy atom. The molecule has 3 nitrogen and oxygen atoms in total. The fraction of sp³-hybridized carbons (Fsp3) is 0.812. The highest BCUT2D eigenvalue weighted by Crippen LogP contribution is 2.17. The van der Waals surface area contributed by atoms with E-state index in [-0.39, 0.29) is 0 Å². The topological polar surface area (TPSA) is 29.9 Å². The van der Waals surface area contributed by atoms with Crippen LogP contribution >= 0.6 is 0 Å². The molecule has 1 heterocycles. The molecule has 1 aromatic heterocycles. The number of nitrogens with zero attached hydrogens (tertiary/aromatic N) is 2. The Bertz CT molecular complexity index is 362. The zero-order valence-corrected chi connectivity index (χ0v) is 12.6. The van der Waals surface area contributed by atoms with Crippen LogP contribution in [0.1, 0.15) is 70.2 Å². The molecule has 1 N–H and O–H groups in total. The van der Waals surface area contributed by atoms with Gasteiger partial charge in [-0.1, -0.05) is 39.0 Å². The van der Waals surface area contributed by atoms with Crippen LogP contribution in [0, 0.1) is 0 Å². The molecule has 1 aliphatic carbocycles. The van der Waals surface area contributed by atoms with Crippen molar-refractivity contribution >= 4 is 0 Å². The van der Waals surface area contributed by atoms with Gasteiger partial charge in [0, 0.05) is 19.1 Å². The summed E-state index contributed by atoms with van der Waals surface area (Å²) < 4.78 is 2.15. The first-order chi connectivity index (χ1) is 9.33. The van der Waals surface area contributed by atoms with Crippen molar-refractivity contribution in [2.24, 2.45) is 0 Å². The normalized spacial score (nSPS) is 18.2. The number of aromatic nitrogens is 2. The maximum absolute atomic E-state index is 4.62. The lowest BCUT2D eigenvalue weighted by atomic mass is 9.97. The first kappa shape index (κ1) is 14.6. The van der Waals surface area contributed by atoms with E-state index < -0.39 is 0 Å². The van der Waals surface area contributed by atoms with Gasteiger partial charge in [0.2, 0.25) is 0 Å². The summed E-state index contributed by atoms with van der Waals surface area (Å²) in [6.45, 7) is 6.30. The van der Waals surface area contributed by atoms with Crippen molar-refractivity contribution in [2.45, 2.75) is 84.3 Å². The van der Waals surface area contributed by atoms with E-state index in [2.05, 4.69) is 35.0 Å². The summed E-state index contributed by atoms with van der Waals surface area (Å²) in [5.41, 5.74) is 2.57. The van der Waals surface area contributed by atoms with Crippen molar-refractivity contribution in [1.82, 2.24) is 15.1 Å². The highest BCUT2D eigenvalue weighted by molar-refractivity contribution is 5.10. The van der Waals surface area contributed by atoms with Crippen LogP contribution in [0.2, 0.25) is 0 Å². The van der Waals surface area contributed by atoms with Crippen molar-refractivity contribution in [3.63, 3.8) is 0 Å². The monoisotopic (exact) mass is 263 g/mol. The molecule has 1 aliphatic rings. The molecular weight excluding hydrogens is 234 g/mol. The Kier molecular flexibility index (Phi) is 5.90. The minimum atomic E-state index is 0.714. The molecule has 0 bridgehead atoms. The standard InChI is InChI=1S/C16H29N3/c1-3-14-12-16(19(4-2)18-14)13-17-15-10-8-6-5-7-9-11-15/h12,15,17H,3-11,13H2,1-2H3. The van der Waals surface area contributed by atoms with Gasteiger partial charge in [0.25, 0.3) is 0 Å². The van der Waals surface area contributed by atoms with Crippen LogP contribution in [0.3, 0.4) is 0 Å². The number of hydrogen-bond donors (Lipinski definition) is 1. The van der Waals surface area contributed by atoms with E-state index in [0.717, 1.165) is 19.5 Å². The molecule has 0 amide bonds. The second-order valence-corrected chi connectivity index (χ2v) is 5.72. The number of aryl methyl sites for hydroxylation is 2. The first-order valence-corrected chi connectivity index (χ1v) is 8.12. The van der Waals surface area contributed by atoms with Crippen LogP contribution in [0.4, 0.5) is 0 Å². The molecule has 0 spiro atoms. The fourth-order valence-electron chi connectivity index (χ4n) is 3.01. The summed E-state index contributed by atoms with van der Waals surface area (Å²) >= 11 is 0. The van der Waals surface area contributed by atoms with Crippen molar-refractivity contribution in [1.29, 1.82) is 0 Å². The second-order valence-electron chi connectivity index (χ2n) is 5.72. The van der Waals surface area contributed by atoms with Gasteiger partial charge in [-0.3, -0.25) is 4.68 Å². The Morgan fingerprint density at radius 1 is 1.16 bits per heavy atom. The van der Waals surface area contributed by atoms with Crippen LogP contribution in [0.25, 0.3) is 0 Å². The van der Waals surface area contributed by atoms with E-state index >= 15 is 0 Å². The molecule has 1 fully saturated rings. The third kappa shape index (κ3) is 4.34. The SMILES string of the molecule is CCc1cc(CNC2CCCCCCC2)n(CC)n1. The molecule has 1 aromatic rings. The van der Waals surface area contributed by atoms with Gasteiger partial charge in [-0.25, -0.2) is 0 Å². The average molecular weight is 263 g/mol. The summed E-state index contributed by atoms with van der Waals surface area (Å²) in [5, 5.41) is 8.38. The lowest BCUT2D eigenvalue weighted by Gasteiger charge is -2.21. The Hall–Kier alpha value is -0.830. The second kappa shape index (κ2) is 7.68. The molecule has 0 saturated heterocycles. The fourth-order valence-corrected chi connectivity index (χ4v) is 3.01. The molecule has 1 saturated carbocycles. The highest BCUT2D eigenvalue weighted by atomic mass is 15.3. The van der Waals surface area contributed by atoms with Crippen LogP contribution < -0.4 is 5.32 Å². The summed E-state index contributed by atoms with van der Waals surface area (Å²) in [4.78, 5) is 0. The predicted octanol–water partition coefficient (Wildman–Crippen LogP) is 3.67. The molecule has 0 radical (unpaired) electrons. The van der Waals surface area contributed by atoms with Gasteiger partial charge in [-0.2, -0.15) is 5.10 Å². The van der Waals surface area contributed by atoms with Crippen molar-refractivity contribution in [3.05, 3.63) is 17.5 Å². The lowest BCUT2D eigenvalue weighted by Crippen LogP contribution is -2.30. The lowest BCUT2D eigenvalue weighted by molar-refractivity contribution is 0.383. The number of rotatable bonds is 5. The van der Waals surface area contributed by atoms with Gasteiger partial charge < -0.3 is 5.32 Å². The van der Waals surface area contributed by atoms with Crippen molar-refractivity contribution < 1.29 is 0 Å². The number of nitrogens with one attached hydrogen (secondary N) is 1. The van der Waals surface area contributed by atoms with Crippen LogP contribution in [0.15, 0.2) is 6.07 Å². The van der Waals surface area contributed by atoms with Gasteiger partial charge in [-0.15, -0.1) is 0 Å². The summed E-state index contributed by atoms with van der Waals surface area (Å²) in [7, 11) is 0. The molecule has 3 heteroatoms. The molecule has 2 rings (SSSR count). The largest absolute Gasteiger partial charge is 0.308 e. The Balaban J connectivity index is 1.87. The zero-order valence-electron chi connectivity index (χ0n) is 12.6. The summed E-state index contributed by atoms with van der Waals surface area (Å²) in [5.74, 6) is 0. The van der Waals surface area contributed by atoms with E-state index in [9.17, 15) is 0 Å². The first-order valence-electron chi connectivity index (χ1n) is 8.12. The molecular formula is C16H29N3. The molecule has 0 aliphatic heterocycles. The van der Waals surface area contributed by atoms with Crippen molar-refractivity contribution in [2.75, 3.05) is 0 Å². The van der Waals surface area contributed by atoms with E-state index in [1.54, 1.807) is 0 Å². The van der Waals surface area contributed by atoms with Crippen LogP contribution in [-0.4, -0.2) is 15.8 Å². The number of hydrogen-bond acceptors (Lipinski definition) is 2. The summed E-state index contributed by atoms with van der Waals surface area (Å²) in [6, 6.07) is 2.98. The maximum Gasteiger partial charge on any atom is 0.0625 e.